The van der Waals surface area contributed by atoms with E-state index in [0.29, 0.717) is 17.5 Å². The molecular weight excluding hydrogens is 647 g/mol. The Labute approximate surface area is 296 Å². The topological polar surface area (TPSA) is 38.7 Å². The van der Waals surface area contributed by atoms with Gasteiger partial charge in [0.25, 0.3) is 0 Å². The van der Waals surface area contributed by atoms with E-state index in [2.05, 4.69) is 158 Å². The fourth-order valence-corrected chi connectivity index (χ4v) is 9.27. The van der Waals surface area contributed by atoms with Crippen molar-refractivity contribution in [2.45, 2.75) is 0 Å². The molecule has 0 amide bonds. The smallest absolute Gasteiger partial charge is 0.165 e. The van der Waals surface area contributed by atoms with E-state index in [0.717, 1.165) is 27.8 Å². The van der Waals surface area contributed by atoms with Gasteiger partial charge in [-0.3, -0.25) is 0 Å². The summed E-state index contributed by atoms with van der Waals surface area (Å²) in [4.78, 5) is 15.5. The molecule has 5 heteroatoms. The average Bonchev–Trinajstić information content (AvgIpc) is 3.76. The molecule has 0 N–H and O–H groups in total. The first-order chi connectivity index (χ1) is 24.7. The Hall–Kier alpha value is -6.01. The van der Waals surface area contributed by atoms with Crippen molar-refractivity contribution < 1.29 is 0 Å². The summed E-state index contributed by atoms with van der Waals surface area (Å²) >= 11 is 3.61. The van der Waals surface area contributed by atoms with Crippen molar-refractivity contribution >= 4 is 63.0 Å². The maximum atomic E-state index is 5.20. The Morgan fingerprint density at radius 1 is 0.300 bits per heavy atom. The van der Waals surface area contributed by atoms with E-state index in [1.165, 1.54) is 51.5 Å². The van der Waals surface area contributed by atoms with Crippen LogP contribution in [0, 0.1) is 0 Å². The largest absolute Gasteiger partial charge is 0.208 e. The Balaban J connectivity index is 1.16. The standard InChI is InChI=1S/C45H27N3S2/c1-3-11-28(12-4-1)30-15-9-16-32(25-30)43-46-44(48-45(47-43)38-19-10-18-37-34-17-7-8-20-39(34)50-42(37)38)33-22-24-36-35-23-21-31(29-13-5-2-6-14-29)26-40(35)49-41(36)27-33/h1-27H. The number of nitrogens with zero attached hydrogens (tertiary/aromatic N) is 3. The minimum Gasteiger partial charge on any atom is -0.208 e. The molecule has 0 atom stereocenters. The molecule has 0 aliphatic rings. The van der Waals surface area contributed by atoms with E-state index in [-0.39, 0.29) is 0 Å². The summed E-state index contributed by atoms with van der Waals surface area (Å²) in [7, 11) is 0. The summed E-state index contributed by atoms with van der Waals surface area (Å²) in [6.45, 7) is 0. The van der Waals surface area contributed by atoms with Gasteiger partial charge in [0.1, 0.15) is 0 Å². The molecule has 50 heavy (non-hydrogen) atoms. The predicted octanol–water partition coefficient (Wildman–Crippen LogP) is 12.9. The maximum absolute atomic E-state index is 5.20. The van der Waals surface area contributed by atoms with Crippen LogP contribution in [0.15, 0.2) is 164 Å². The van der Waals surface area contributed by atoms with Crippen molar-refractivity contribution in [2.24, 2.45) is 0 Å². The quantitative estimate of drug-likeness (QED) is 0.182. The molecule has 0 saturated carbocycles. The van der Waals surface area contributed by atoms with E-state index in [1.54, 1.807) is 11.3 Å². The van der Waals surface area contributed by atoms with Crippen molar-refractivity contribution in [1.82, 2.24) is 15.0 Å². The van der Waals surface area contributed by atoms with Gasteiger partial charge in [-0.15, -0.1) is 22.7 Å². The Bertz CT molecular complexity index is 2870. The van der Waals surface area contributed by atoms with Gasteiger partial charge >= 0.3 is 0 Å². The van der Waals surface area contributed by atoms with Gasteiger partial charge in [-0.2, -0.15) is 0 Å². The second-order valence-electron chi connectivity index (χ2n) is 12.4. The lowest BCUT2D eigenvalue weighted by Gasteiger charge is -2.10. The zero-order chi connectivity index (χ0) is 33.0. The van der Waals surface area contributed by atoms with E-state index >= 15 is 0 Å². The molecule has 0 aliphatic carbocycles. The zero-order valence-electron chi connectivity index (χ0n) is 26.7. The van der Waals surface area contributed by atoms with Crippen molar-refractivity contribution in [3.8, 4) is 56.4 Å². The highest BCUT2D eigenvalue weighted by Crippen LogP contribution is 2.41. The minimum atomic E-state index is 0.657. The van der Waals surface area contributed by atoms with Gasteiger partial charge in [0.05, 0.1) is 0 Å². The molecule has 0 saturated heterocycles. The van der Waals surface area contributed by atoms with Crippen LogP contribution in [0.1, 0.15) is 0 Å². The third-order valence-electron chi connectivity index (χ3n) is 9.35. The summed E-state index contributed by atoms with van der Waals surface area (Å²) in [5.74, 6) is 2.00. The fourth-order valence-electron chi connectivity index (χ4n) is 6.87. The third-order valence-corrected chi connectivity index (χ3v) is 11.7. The molecule has 3 heterocycles. The number of hydrogen-bond donors (Lipinski definition) is 0. The van der Waals surface area contributed by atoms with Crippen LogP contribution in [0.4, 0.5) is 0 Å². The van der Waals surface area contributed by atoms with Crippen molar-refractivity contribution in [2.75, 3.05) is 0 Å². The maximum Gasteiger partial charge on any atom is 0.165 e. The first-order valence-corrected chi connectivity index (χ1v) is 18.2. The van der Waals surface area contributed by atoms with Gasteiger partial charge in [-0.25, -0.2) is 15.0 Å². The molecule has 0 fully saturated rings. The van der Waals surface area contributed by atoms with Crippen LogP contribution in [-0.2, 0) is 0 Å². The summed E-state index contributed by atoms with van der Waals surface area (Å²) in [6.07, 6.45) is 0. The lowest BCUT2D eigenvalue weighted by atomic mass is 10.0. The number of benzene rings is 7. The van der Waals surface area contributed by atoms with Gasteiger partial charge < -0.3 is 0 Å². The average molecular weight is 674 g/mol. The van der Waals surface area contributed by atoms with Crippen LogP contribution >= 0.6 is 22.7 Å². The highest BCUT2D eigenvalue weighted by atomic mass is 32.1. The Kier molecular flexibility index (Phi) is 6.86. The lowest BCUT2D eigenvalue weighted by molar-refractivity contribution is 1.08. The minimum absolute atomic E-state index is 0.657. The van der Waals surface area contributed by atoms with Crippen molar-refractivity contribution in [3.63, 3.8) is 0 Å². The third kappa shape index (κ3) is 4.98. The van der Waals surface area contributed by atoms with Crippen molar-refractivity contribution in [3.05, 3.63) is 164 Å². The van der Waals surface area contributed by atoms with Crippen LogP contribution < -0.4 is 0 Å². The number of thiophene rings is 2. The Morgan fingerprint density at radius 3 is 1.54 bits per heavy atom. The predicted molar refractivity (Wildman–Crippen MR) is 213 cm³/mol. The van der Waals surface area contributed by atoms with Crippen LogP contribution in [-0.4, -0.2) is 15.0 Å². The second-order valence-corrected chi connectivity index (χ2v) is 14.6. The first-order valence-electron chi connectivity index (χ1n) is 16.6. The Morgan fingerprint density at radius 2 is 0.800 bits per heavy atom. The molecule has 0 unspecified atom stereocenters. The number of aromatic nitrogens is 3. The van der Waals surface area contributed by atoms with Crippen LogP contribution in [0.3, 0.4) is 0 Å². The number of rotatable bonds is 5. The fraction of sp³-hybridized carbons (Fsp3) is 0. The van der Waals surface area contributed by atoms with E-state index < -0.39 is 0 Å². The molecule has 10 rings (SSSR count). The molecule has 3 nitrogen and oxygen atoms in total. The molecule has 0 bridgehead atoms. The molecule has 3 aromatic heterocycles. The van der Waals surface area contributed by atoms with Crippen LogP contribution in [0.5, 0.6) is 0 Å². The highest BCUT2D eigenvalue weighted by molar-refractivity contribution is 7.26. The van der Waals surface area contributed by atoms with E-state index in [4.69, 9.17) is 15.0 Å². The first kappa shape index (κ1) is 29.0. The SMILES string of the molecule is c1ccc(-c2cccc(-c3nc(-c4ccc5c(c4)sc4cc(-c6ccccc6)ccc45)nc(-c4cccc5c4sc4ccccc45)n3)c2)cc1. The molecule has 0 aliphatic heterocycles. The molecule has 7 aromatic carbocycles. The normalized spacial score (nSPS) is 11.6. The summed E-state index contributed by atoms with van der Waals surface area (Å²) < 4.78 is 4.92. The summed E-state index contributed by atoms with van der Waals surface area (Å²) in [5.41, 5.74) is 7.68. The van der Waals surface area contributed by atoms with Crippen LogP contribution in [0.2, 0.25) is 0 Å². The molecule has 0 radical (unpaired) electrons. The van der Waals surface area contributed by atoms with Gasteiger partial charge in [0.2, 0.25) is 0 Å². The lowest BCUT2D eigenvalue weighted by Crippen LogP contribution is -2.00. The van der Waals surface area contributed by atoms with E-state index in [1.807, 2.05) is 17.4 Å². The van der Waals surface area contributed by atoms with Crippen LogP contribution in [0.25, 0.3) is 96.8 Å². The van der Waals surface area contributed by atoms with Gasteiger partial charge in [-0.1, -0.05) is 133 Å². The van der Waals surface area contributed by atoms with E-state index in [9.17, 15) is 0 Å². The monoisotopic (exact) mass is 673 g/mol. The van der Waals surface area contributed by atoms with Crippen molar-refractivity contribution in [1.29, 1.82) is 0 Å². The molecule has 234 valence electrons. The number of hydrogen-bond acceptors (Lipinski definition) is 5. The molecule has 0 spiro atoms. The molecule has 10 aromatic rings. The zero-order valence-corrected chi connectivity index (χ0v) is 28.4. The van der Waals surface area contributed by atoms with Gasteiger partial charge in [-0.05, 0) is 52.6 Å². The summed E-state index contributed by atoms with van der Waals surface area (Å²) in [5, 5.41) is 4.99. The second kappa shape index (κ2) is 11.8. The highest BCUT2D eigenvalue weighted by Gasteiger charge is 2.18. The molecular formula is C45H27N3S2. The number of fused-ring (bicyclic) bond motifs is 6. The summed E-state index contributed by atoms with van der Waals surface area (Å²) in [6, 6.07) is 57.9. The van der Waals surface area contributed by atoms with Gasteiger partial charge in [0, 0.05) is 57.0 Å². The van der Waals surface area contributed by atoms with Gasteiger partial charge in [0.15, 0.2) is 17.5 Å².